The zero-order chi connectivity index (χ0) is 22.9. The molecule has 9 nitrogen and oxygen atoms in total. The lowest BCUT2D eigenvalue weighted by Crippen LogP contribution is -2.32. The van der Waals surface area contributed by atoms with Crippen molar-refractivity contribution in [2.45, 2.75) is 12.8 Å². The number of anilines is 1. The van der Waals surface area contributed by atoms with Gasteiger partial charge in [-0.25, -0.2) is 9.82 Å². The third-order valence-corrected chi connectivity index (χ3v) is 4.71. The van der Waals surface area contributed by atoms with Gasteiger partial charge in [-0.05, 0) is 48.7 Å². The summed E-state index contributed by atoms with van der Waals surface area (Å²) in [6.07, 6.45) is 3.31. The van der Waals surface area contributed by atoms with Crippen LogP contribution in [0.15, 0.2) is 47.6 Å². The zero-order valence-corrected chi connectivity index (χ0v) is 17.5. The molecule has 0 spiro atoms. The summed E-state index contributed by atoms with van der Waals surface area (Å²) in [5, 5.41) is 5.88. The van der Waals surface area contributed by atoms with E-state index in [1.807, 2.05) is 0 Å². The molecule has 0 aromatic heterocycles. The minimum Gasteiger partial charge on any atom is -0.493 e. The van der Waals surface area contributed by atoms with Gasteiger partial charge in [0.25, 0.3) is 5.91 Å². The molecule has 0 atom stereocenters. The van der Waals surface area contributed by atoms with Crippen molar-refractivity contribution in [1.29, 1.82) is 0 Å². The Morgan fingerprint density at radius 3 is 2.56 bits per heavy atom. The van der Waals surface area contributed by atoms with Crippen molar-refractivity contribution in [2.24, 2.45) is 5.10 Å². The lowest BCUT2D eigenvalue weighted by atomic mass is 10.2. The number of ether oxygens (including phenoxy) is 2. The second-order valence-electron chi connectivity index (χ2n) is 6.92. The molecule has 2 N–H and O–H groups in total. The number of hydrazone groups is 1. The summed E-state index contributed by atoms with van der Waals surface area (Å²) >= 11 is 0. The maximum Gasteiger partial charge on any atom is 0.329 e. The van der Waals surface area contributed by atoms with Gasteiger partial charge in [0.05, 0.1) is 19.0 Å². The van der Waals surface area contributed by atoms with Crippen LogP contribution in [0.4, 0.5) is 10.1 Å². The van der Waals surface area contributed by atoms with E-state index in [1.54, 1.807) is 23.1 Å². The molecule has 0 aliphatic carbocycles. The quantitative estimate of drug-likeness (QED) is 0.387. The molecule has 0 unspecified atom stereocenters. The van der Waals surface area contributed by atoms with Gasteiger partial charge in [-0.2, -0.15) is 5.10 Å². The third kappa shape index (κ3) is 6.03. The Bertz CT molecular complexity index is 1020. The van der Waals surface area contributed by atoms with Crippen LogP contribution in [0.5, 0.6) is 11.5 Å². The lowest BCUT2D eigenvalue weighted by molar-refractivity contribution is -0.136. The molecule has 3 amide bonds. The first-order valence-electron chi connectivity index (χ1n) is 9.95. The highest BCUT2D eigenvalue weighted by atomic mass is 19.1. The van der Waals surface area contributed by atoms with Crippen LogP contribution in [-0.4, -0.2) is 55.6 Å². The van der Waals surface area contributed by atoms with Gasteiger partial charge >= 0.3 is 11.8 Å². The monoisotopic (exact) mass is 442 g/mol. The van der Waals surface area contributed by atoms with Crippen LogP contribution >= 0.6 is 0 Å². The molecule has 1 saturated heterocycles. The fraction of sp³-hybridized carbons (Fsp3) is 0.273. The highest BCUT2D eigenvalue weighted by Gasteiger charge is 2.19. The Balaban J connectivity index is 1.53. The molecule has 168 valence electrons. The molecule has 3 rings (SSSR count). The number of benzene rings is 2. The summed E-state index contributed by atoms with van der Waals surface area (Å²) in [5.74, 6) is -2.08. The summed E-state index contributed by atoms with van der Waals surface area (Å²) < 4.78 is 24.4. The number of carbonyl (C=O) groups excluding carboxylic acids is 3. The molecule has 10 heteroatoms. The smallest absolute Gasteiger partial charge is 0.329 e. The second kappa shape index (κ2) is 10.9. The van der Waals surface area contributed by atoms with Crippen LogP contribution in [0.3, 0.4) is 0 Å². The largest absolute Gasteiger partial charge is 0.493 e. The summed E-state index contributed by atoms with van der Waals surface area (Å²) in [5.41, 5.74) is 2.51. The Hall–Kier alpha value is -3.95. The third-order valence-electron chi connectivity index (χ3n) is 4.71. The Morgan fingerprint density at radius 2 is 1.84 bits per heavy atom. The number of halogens is 1. The lowest BCUT2D eigenvalue weighted by Gasteiger charge is -2.16. The summed E-state index contributed by atoms with van der Waals surface area (Å²) in [4.78, 5) is 37.6. The highest BCUT2D eigenvalue weighted by Crippen LogP contribution is 2.27. The summed E-state index contributed by atoms with van der Waals surface area (Å²) in [6, 6.07) is 10.3. The Kier molecular flexibility index (Phi) is 7.74. The van der Waals surface area contributed by atoms with E-state index in [0.29, 0.717) is 17.1 Å². The van der Waals surface area contributed by atoms with Crippen molar-refractivity contribution in [2.75, 3.05) is 32.1 Å². The van der Waals surface area contributed by atoms with E-state index >= 15 is 0 Å². The molecule has 1 heterocycles. The van der Waals surface area contributed by atoms with Crippen LogP contribution in [0.2, 0.25) is 0 Å². The number of hydrogen-bond donors (Lipinski definition) is 2. The van der Waals surface area contributed by atoms with Crippen molar-refractivity contribution < 1.29 is 28.2 Å². The van der Waals surface area contributed by atoms with E-state index in [0.717, 1.165) is 32.0 Å². The van der Waals surface area contributed by atoms with E-state index in [-0.39, 0.29) is 18.2 Å². The number of para-hydroxylation sites is 1. The standard InChI is InChI=1S/C22H23FN4O5/c1-31-19-12-15(8-9-18(19)32-14-20(28)27-10-4-5-11-27)13-24-26-22(30)21(29)25-17-7-3-2-6-16(17)23/h2-3,6-9,12-13H,4-5,10-11,14H2,1H3,(H,25,29)(H,26,30)/b24-13+. The van der Waals surface area contributed by atoms with Crippen molar-refractivity contribution in [1.82, 2.24) is 10.3 Å². The van der Waals surface area contributed by atoms with Gasteiger partial charge in [-0.3, -0.25) is 14.4 Å². The maximum absolute atomic E-state index is 13.5. The van der Waals surface area contributed by atoms with Gasteiger partial charge < -0.3 is 19.7 Å². The van der Waals surface area contributed by atoms with Crippen molar-refractivity contribution in [3.05, 3.63) is 53.8 Å². The minimum absolute atomic E-state index is 0.0773. The maximum atomic E-state index is 13.5. The molecular formula is C22H23FN4O5. The van der Waals surface area contributed by atoms with Crippen LogP contribution in [0.1, 0.15) is 18.4 Å². The number of amides is 3. The number of likely N-dealkylation sites (tertiary alicyclic amines) is 1. The van der Waals surface area contributed by atoms with Crippen LogP contribution in [0, 0.1) is 5.82 Å². The molecule has 2 aromatic rings. The Morgan fingerprint density at radius 1 is 1.09 bits per heavy atom. The first-order valence-corrected chi connectivity index (χ1v) is 9.95. The van der Waals surface area contributed by atoms with Gasteiger partial charge in [0.15, 0.2) is 18.1 Å². The van der Waals surface area contributed by atoms with Crippen LogP contribution in [-0.2, 0) is 14.4 Å². The molecule has 32 heavy (non-hydrogen) atoms. The van der Waals surface area contributed by atoms with Crippen molar-refractivity contribution in [3.8, 4) is 11.5 Å². The van der Waals surface area contributed by atoms with E-state index in [2.05, 4.69) is 15.8 Å². The summed E-state index contributed by atoms with van der Waals surface area (Å²) in [6.45, 7) is 1.41. The van der Waals surface area contributed by atoms with Crippen LogP contribution < -0.4 is 20.2 Å². The van der Waals surface area contributed by atoms with Gasteiger partial charge in [0, 0.05) is 13.1 Å². The first-order chi connectivity index (χ1) is 15.5. The van der Waals surface area contributed by atoms with E-state index in [9.17, 15) is 18.8 Å². The predicted octanol–water partition coefficient (Wildman–Crippen LogP) is 1.92. The normalized spacial score (nSPS) is 13.1. The first kappa shape index (κ1) is 22.7. The topological polar surface area (TPSA) is 109 Å². The van der Waals surface area contributed by atoms with Crippen molar-refractivity contribution >= 4 is 29.6 Å². The number of carbonyl (C=O) groups is 3. The van der Waals surface area contributed by atoms with E-state index < -0.39 is 17.6 Å². The number of nitrogens with one attached hydrogen (secondary N) is 2. The SMILES string of the molecule is COc1cc(/C=N/NC(=O)C(=O)Nc2ccccc2F)ccc1OCC(=O)N1CCCC1. The van der Waals surface area contributed by atoms with Crippen LogP contribution in [0.25, 0.3) is 0 Å². The highest BCUT2D eigenvalue weighted by molar-refractivity contribution is 6.39. The van der Waals surface area contributed by atoms with Gasteiger partial charge in [-0.1, -0.05) is 12.1 Å². The molecular weight excluding hydrogens is 419 g/mol. The zero-order valence-electron chi connectivity index (χ0n) is 17.5. The van der Waals surface area contributed by atoms with E-state index in [1.165, 1.54) is 31.5 Å². The molecule has 1 fully saturated rings. The average molecular weight is 442 g/mol. The molecule has 0 saturated carbocycles. The molecule has 2 aromatic carbocycles. The number of methoxy groups -OCH3 is 1. The fourth-order valence-corrected chi connectivity index (χ4v) is 3.04. The van der Waals surface area contributed by atoms with Gasteiger partial charge in [-0.15, -0.1) is 0 Å². The van der Waals surface area contributed by atoms with Gasteiger partial charge in [0.2, 0.25) is 0 Å². The van der Waals surface area contributed by atoms with Crippen molar-refractivity contribution in [3.63, 3.8) is 0 Å². The molecule has 1 aliphatic heterocycles. The second-order valence-corrected chi connectivity index (χ2v) is 6.92. The summed E-state index contributed by atoms with van der Waals surface area (Å²) in [7, 11) is 1.46. The average Bonchev–Trinajstić information content (AvgIpc) is 3.34. The van der Waals surface area contributed by atoms with E-state index in [4.69, 9.17) is 9.47 Å². The number of hydrogen-bond acceptors (Lipinski definition) is 6. The fourth-order valence-electron chi connectivity index (χ4n) is 3.04. The van der Waals surface area contributed by atoms with Gasteiger partial charge in [0.1, 0.15) is 5.82 Å². The number of nitrogens with zero attached hydrogens (tertiary/aromatic N) is 2. The number of rotatable bonds is 7. The molecule has 0 radical (unpaired) electrons. The predicted molar refractivity (Wildman–Crippen MR) is 115 cm³/mol. The Labute approximate surface area is 184 Å². The molecule has 1 aliphatic rings. The molecule has 0 bridgehead atoms. The minimum atomic E-state index is -1.06.